The number of ether oxygens (including phenoxy) is 2. The minimum atomic E-state index is 0.541. The third-order valence-electron chi connectivity index (χ3n) is 3.37. The summed E-state index contributed by atoms with van der Waals surface area (Å²) < 4.78 is 12.9. The number of hydrogen-bond acceptors (Lipinski definition) is 3. The Morgan fingerprint density at radius 3 is 2.52 bits per heavy atom. The summed E-state index contributed by atoms with van der Waals surface area (Å²) in [6.45, 7) is 0.541. The average Bonchev–Trinajstić information content (AvgIpc) is 2.91. The fourth-order valence-corrected chi connectivity index (χ4v) is 2.29. The van der Waals surface area contributed by atoms with Crippen molar-refractivity contribution in [3.8, 4) is 11.5 Å². The van der Waals surface area contributed by atoms with Crippen molar-refractivity contribution in [1.82, 2.24) is 4.73 Å². The maximum atomic E-state index is 5.84. The highest BCUT2D eigenvalue weighted by atomic mass is 16.6. The number of aromatic nitrogens is 1. The maximum Gasteiger partial charge on any atom is 0.148 e. The highest BCUT2D eigenvalue weighted by Gasteiger charge is 2.10. The summed E-state index contributed by atoms with van der Waals surface area (Å²) in [6.07, 6.45) is 1.81. The van der Waals surface area contributed by atoms with E-state index < -0.39 is 0 Å². The van der Waals surface area contributed by atoms with Crippen LogP contribution in [0.5, 0.6) is 11.5 Å². The van der Waals surface area contributed by atoms with Crippen LogP contribution in [0, 0.1) is 0 Å². The topological polar surface area (TPSA) is 32.6 Å². The summed E-state index contributed by atoms with van der Waals surface area (Å²) in [5, 5.41) is 0.963. The molecule has 3 rings (SSSR count). The molecule has 2 aromatic carbocycles. The second-order valence-corrected chi connectivity index (χ2v) is 4.66. The first-order valence-corrected chi connectivity index (χ1v) is 6.72. The van der Waals surface area contributed by atoms with E-state index in [1.54, 1.807) is 19.0 Å². The zero-order valence-corrected chi connectivity index (χ0v) is 12.1. The van der Waals surface area contributed by atoms with Gasteiger partial charge in [0.05, 0.1) is 18.8 Å². The first kappa shape index (κ1) is 13.4. The predicted octanol–water partition coefficient (Wildman–Crippen LogP) is 3.29. The van der Waals surface area contributed by atoms with Crippen LogP contribution in [0.15, 0.2) is 54.7 Å². The highest BCUT2D eigenvalue weighted by Crippen LogP contribution is 2.30. The standard InChI is InChI=1S/C17H17NO3/c1-19-17-11-18(20-2)16-9-8-14(10-15(16)17)21-12-13-6-4-3-5-7-13/h3-11H,12H2,1-2H3. The Labute approximate surface area is 123 Å². The molecule has 0 fully saturated rings. The van der Waals surface area contributed by atoms with Crippen molar-refractivity contribution in [2.24, 2.45) is 0 Å². The predicted molar refractivity (Wildman–Crippen MR) is 81.8 cm³/mol. The molecule has 0 aliphatic carbocycles. The van der Waals surface area contributed by atoms with Crippen molar-refractivity contribution >= 4 is 10.9 Å². The van der Waals surface area contributed by atoms with Crippen molar-refractivity contribution in [2.45, 2.75) is 6.61 Å². The summed E-state index contributed by atoms with van der Waals surface area (Å²) in [4.78, 5) is 5.27. The van der Waals surface area contributed by atoms with Crippen LogP contribution in [0.4, 0.5) is 0 Å². The van der Waals surface area contributed by atoms with E-state index in [2.05, 4.69) is 0 Å². The molecule has 0 spiro atoms. The summed E-state index contributed by atoms with van der Waals surface area (Å²) in [6, 6.07) is 15.9. The van der Waals surface area contributed by atoms with Gasteiger partial charge in [-0.3, -0.25) is 0 Å². The number of nitrogens with zero attached hydrogens (tertiary/aromatic N) is 1. The fourth-order valence-electron chi connectivity index (χ4n) is 2.29. The number of hydrogen-bond donors (Lipinski definition) is 0. The molecule has 108 valence electrons. The van der Waals surface area contributed by atoms with Crippen molar-refractivity contribution in [1.29, 1.82) is 0 Å². The van der Waals surface area contributed by atoms with Crippen LogP contribution < -0.4 is 14.3 Å². The fraction of sp³-hybridized carbons (Fsp3) is 0.176. The van der Waals surface area contributed by atoms with Gasteiger partial charge in [0.25, 0.3) is 0 Å². The summed E-state index contributed by atoms with van der Waals surface area (Å²) >= 11 is 0. The molecular formula is C17H17NO3. The third-order valence-corrected chi connectivity index (χ3v) is 3.37. The number of fused-ring (bicyclic) bond motifs is 1. The van der Waals surface area contributed by atoms with Crippen molar-refractivity contribution in [2.75, 3.05) is 14.2 Å². The summed E-state index contributed by atoms with van der Waals surface area (Å²) in [5.74, 6) is 1.57. The van der Waals surface area contributed by atoms with Gasteiger partial charge in [0.1, 0.15) is 25.2 Å². The maximum absolute atomic E-state index is 5.84. The number of benzene rings is 2. The van der Waals surface area contributed by atoms with E-state index >= 15 is 0 Å². The molecule has 3 aromatic rings. The second kappa shape index (κ2) is 5.79. The first-order chi connectivity index (χ1) is 10.3. The van der Waals surface area contributed by atoms with Gasteiger partial charge in [0.2, 0.25) is 0 Å². The zero-order valence-electron chi connectivity index (χ0n) is 12.1. The van der Waals surface area contributed by atoms with Crippen molar-refractivity contribution in [3.05, 3.63) is 60.3 Å². The van der Waals surface area contributed by atoms with Gasteiger partial charge in [0.15, 0.2) is 0 Å². The Balaban J connectivity index is 1.87. The molecule has 0 saturated heterocycles. The van der Waals surface area contributed by atoms with Crippen LogP contribution >= 0.6 is 0 Å². The van der Waals surface area contributed by atoms with E-state index in [1.165, 1.54) is 0 Å². The Kier molecular flexibility index (Phi) is 3.69. The molecule has 4 heteroatoms. The Morgan fingerprint density at radius 1 is 1.00 bits per heavy atom. The summed E-state index contributed by atoms with van der Waals surface area (Å²) in [5.41, 5.74) is 2.08. The lowest BCUT2D eigenvalue weighted by Crippen LogP contribution is -2.02. The SMILES string of the molecule is COc1cn(OC)c2ccc(OCc3ccccc3)cc12. The first-order valence-electron chi connectivity index (χ1n) is 6.72. The van der Waals surface area contributed by atoms with Gasteiger partial charge >= 0.3 is 0 Å². The lowest BCUT2D eigenvalue weighted by Gasteiger charge is -2.07. The molecule has 0 atom stereocenters. The van der Waals surface area contributed by atoms with E-state index in [1.807, 2.05) is 54.7 Å². The van der Waals surface area contributed by atoms with Crippen LogP contribution in [0.3, 0.4) is 0 Å². The largest absolute Gasteiger partial charge is 0.494 e. The van der Waals surface area contributed by atoms with Crippen molar-refractivity contribution in [3.63, 3.8) is 0 Å². The van der Waals surface area contributed by atoms with Crippen LogP contribution in [-0.4, -0.2) is 19.0 Å². The summed E-state index contributed by atoms with van der Waals surface area (Å²) in [7, 11) is 3.27. The van der Waals surface area contributed by atoms with Gasteiger partial charge in [-0.05, 0) is 23.8 Å². The molecule has 0 amide bonds. The molecule has 1 heterocycles. The van der Waals surface area contributed by atoms with E-state index in [-0.39, 0.29) is 0 Å². The molecule has 0 aliphatic heterocycles. The monoisotopic (exact) mass is 283 g/mol. The van der Waals surface area contributed by atoms with Gasteiger partial charge in [0, 0.05) is 5.39 Å². The molecule has 0 unspecified atom stereocenters. The molecule has 0 bridgehead atoms. The normalized spacial score (nSPS) is 10.6. The smallest absolute Gasteiger partial charge is 0.148 e. The van der Waals surface area contributed by atoms with E-state index in [0.29, 0.717) is 6.61 Å². The van der Waals surface area contributed by atoms with Crippen molar-refractivity contribution < 1.29 is 14.3 Å². The van der Waals surface area contributed by atoms with Gasteiger partial charge in [-0.2, -0.15) is 4.73 Å². The van der Waals surface area contributed by atoms with Crippen LogP contribution in [0.25, 0.3) is 10.9 Å². The molecule has 21 heavy (non-hydrogen) atoms. The van der Waals surface area contributed by atoms with Gasteiger partial charge in [-0.1, -0.05) is 30.3 Å². The molecule has 4 nitrogen and oxygen atoms in total. The molecular weight excluding hydrogens is 266 g/mol. The number of rotatable bonds is 5. The van der Waals surface area contributed by atoms with Crippen LogP contribution in [-0.2, 0) is 6.61 Å². The lowest BCUT2D eigenvalue weighted by atomic mass is 10.2. The van der Waals surface area contributed by atoms with Gasteiger partial charge in [-0.25, -0.2) is 0 Å². The van der Waals surface area contributed by atoms with E-state index in [9.17, 15) is 0 Å². The Bertz CT molecular complexity index is 734. The average molecular weight is 283 g/mol. The minimum Gasteiger partial charge on any atom is -0.494 e. The Morgan fingerprint density at radius 2 is 1.81 bits per heavy atom. The molecule has 1 aromatic heterocycles. The van der Waals surface area contributed by atoms with E-state index in [0.717, 1.165) is 28.0 Å². The van der Waals surface area contributed by atoms with E-state index in [4.69, 9.17) is 14.3 Å². The quantitative estimate of drug-likeness (QED) is 0.720. The third kappa shape index (κ3) is 2.65. The van der Waals surface area contributed by atoms with Gasteiger partial charge in [-0.15, -0.1) is 0 Å². The number of methoxy groups -OCH3 is 1. The minimum absolute atomic E-state index is 0.541. The molecule has 0 aliphatic rings. The second-order valence-electron chi connectivity index (χ2n) is 4.66. The molecule has 0 saturated carbocycles. The lowest BCUT2D eigenvalue weighted by molar-refractivity contribution is 0.177. The molecule has 0 radical (unpaired) electrons. The highest BCUT2D eigenvalue weighted by molar-refractivity contribution is 5.87. The Hall–Kier alpha value is -2.62. The van der Waals surface area contributed by atoms with Crippen LogP contribution in [0.1, 0.15) is 5.56 Å². The van der Waals surface area contributed by atoms with Gasteiger partial charge < -0.3 is 14.3 Å². The zero-order chi connectivity index (χ0) is 14.7. The van der Waals surface area contributed by atoms with Crippen LogP contribution in [0.2, 0.25) is 0 Å². The molecule has 0 N–H and O–H groups in total.